The van der Waals surface area contributed by atoms with Gasteiger partial charge in [-0.1, -0.05) is 0 Å². The summed E-state index contributed by atoms with van der Waals surface area (Å²) in [5.74, 6) is -0.272. The molecule has 0 aliphatic rings. The summed E-state index contributed by atoms with van der Waals surface area (Å²) in [5, 5.41) is 5.66. The molecule has 104 valence electrons. The van der Waals surface area contributed by atoms with E-state index in [0.29, 0.717) is 23.5 Å². The van der Waals surface area contributed by atoms with Gasteiger partial charge in [0.05, 0.1) is 12.1 Å². The number of carbonyl (C=O) groups excluding carboxylic acids is 2. The number of hydrogen-bond acceptors (Lipinski definition) is 4. The van der Waals surface area contributed by atoms with E-state index in [1.807, 2.05) is 6.92 Å². The standard InChI is InChI=1S/C13H20N4O2/c1-4-15-13(19)10-6-5-9(14)7-11(10)16-8-12(18)17(2)3/h5-7,16H,4,8,14H2,1-3H3,(H,15,19). The quantitative estimate of drug-likeness (QED) is 0.677. The van der Waals surface area contributed by atoms with E-state index in [1.165, 1.54) is 4.90 Å². The first kappa shape index (κ1) is 14.8. The van der Waals surface area contributed by atoms with Crippen molar-refractivity contribution in [2.45, 2.75) is 6.92 Å². The van der Waals surface area contributed by atoms with Crippen molar-refractivity contribution < 1.29 is 9.59 Å². The van der Waals surface area contributed by atoms with Crippen LogP contribution in [0.15, 0.2) is 18.2 Å². The van der Waals surface area contributed by atoms with Crippen molar-refractivity contribution in [3.8, 4) is 0 Å². The van der Waals surface area contributed by atoms with E-state index < -0.39 is 0 Å². The van der Waals surface area contributed by atoms with Gasteiger partial charge in [-0.2, -0.15) is 0 Å². The van der Waals surface area contributed by atoms with Gasteiger partial charge in [-0.15, -0.1) is 0 Å². The highest BCUT2D eigenvalue weighted by Gasteiger charge is 2.12. The van der Waals surface area contributed by atoms with Gasteiger partial charge in [0.15, 0.2) is 0 Å². The summed E-state index contributed by atoms with van der Waals surface area (Å²) in [4.78, 5) is 24.9. The Bertz CT molecular complexity index is 472. The van der Waals surface area contributed by atoms with Crippen LogP contribution in [0.3, 0.4) is 0 Å². The van der Waals surface area contributed by atoms with Crippen molar-refractivity contribution in [2.75, 3.05) is 38.2 Å². The van der Waals surface area contributed by atoms with Crippen LogP contribution in [-0.2, 0) is 4.79 Å². The molecule has 2 amide bonds. The third kappa shape index (κ3) is 4.17. The Morgan fingerprint density at radius 2 is 2.00 bits per heavy atom. The molecule has 0 unspecified atom stereocenters. The molecule has 1 rings (SSSR count). The monoisotopic (exact) mass is 264 g/mol. The summed E-state index contributed by atoms with van der Waals surface area (Å²) >= 11 is 0. The van der Waals surface area contributed by atoms with Crippen molar-refractivity contribution in [3.05, 3.63) is 23.8 Å². The van der Waals surface area contributed by atoms with Gasteiger partial charge < -0.3 is 21.3 Å². The van der Waals surface area contributed by atoms with E-state index in [2.05, 4.69) is 10.6 Å². The number of nitrogen functional groups attached to an aromatic ring is 1. The zero-order valence-corrected chi connectivity index (χ0v) is 11.5. The molecule has 0 aliphatic carbocycles. The average Bonchev–Trinajstić information content (AvgIpc) is 2.36. The van der Waals surface area contributed by atoms with Crippen molar-refractivity contribution in [1.29, 1.82) is 0 Å². The number of carbonyl (C=O) groups is 2. The molecule has 19 heavy (non-hydrogen) atoms. The van der Waals surface area contributed by atoms with Gasteiger partial charge in [-0.25, -0.2) is 0 Å². The number of nitrogens with zero attached hydrogens (tertiary/aromatic N) is 1. The topological polar surface area (TPSA) is 87.5 Å². The first-order valence-corrected chi connectivity index (χ1v) is 6.07. The Balaban J connectivity index is 2.88. The van der Waals surface area contributed by atoms with Crippen LogP contribution < -0.4 is 16.4 Å². The molecule has 0 aliphatic heterocycles. The van der Waals surface area contributed by atoms with Crippen LogP contribution in [0.2, 0.25) is 0 Å². The molecule has 0 atom stereocenters. The van der Waals surface area contributed by atoms with Crippen molar-refractivity contribution in [1.82, 2.24) is 10.2 Å². The summed E-state index contributed by atoms with van der Waals surface area (Å²) in [6.45, 7) is 2.50. The molecule has 0 spiro atoms. The fourth-order valence-electron chi connectivity index (χ4n) is 1.49. The van der Waals surface area contributed by atoms with Crippen LogP contribution in [0.25, 0.3) is 0 Å². The van der Waals surface area contributed by atoms with E-state index >= 15 is 0 Å². The number of nitrogens with one attached hydrogen (secondary N) is 2. The molecule has 0 fully saturated rings. The normalized spacial score (nSPS) is 9.84. The Labute approximate surface area is 113 Å². The second-order valence-corrected chi connectivity index (χ2v) is 4.31. The van der Waals surface area contributed by atoms with Crippen LogP contribution in [0, 0.1) is 0 Å². The maximum Gasteiger partial charge on any atom is 0.253 e. The molecule has 0 saturated heterocycles. The maximum absolute atomic E-state index is 11.9. The van der Waals surface area contributed by atoms with Crippen LogP contribution in [0.4, 0.5) is 11.4 Å². The number of likely N-dealkylation sites (N-methyl/N-ethyl adjacent to an activating group) is 1. The smallest absolute Gasteiger partial charge is 0.253 e. The molecule has 0 bridgehead atoms. The fourth-order valence-corrected chi connectivity index (χ4v) is 1.49. The fraction of sp³-hybridized carbons (Fsp3) is 0.385. The number of rotatable bonds is 5. The Morgan fingerprint density at radius 3 is 2.58 bits per heavy atom. The highest BCUT2D eigenvalue weighted by atomic mass is 16.2. The highest BCUT2D eigenvalue weighted by Crippen LogP contribution is 2.19. The molecule has 0 radical (unpaired) electrons. The SMILES string of the molecule is CCNC(=O)c1ccc(N)cc1NCC(=O)N(C)C. The molecule has 0 aromatic heterocycles. The summed E-state index contributed by atoms with van der Waals surface area (Å²) in [6, 6.07) is 4.94. The number of nitrogens with two attached hydrogens (primary N) is 1. The van der Waals surface area contributed by atoms with Crippen LogP contribution in [-0.4, -0.2) is 43.9 Å². The minimum atomic E-state index is -0.192. The van der Waals surface area contributed by atoms with E-state index in [-0.39, 0.29) is 18.4 Å². The molecule has 6 heteroatoms. The molecule has 0 saturated carbocycles. The van der Waals surface area contributed by atoms with Crippen LogP contribution in [0.5, 0.6) is 0 Å². The largest absolute Gasteiger partial charge is 0.399 e. The average molecular weight is 264 g/mol. The predicted molar refractivity (Wildman–Crippen MR) is 76.0 cm³/mol. The van der Waals surface area contributed by atoms with E-state index in [1.54, 1.807) is 32.3 Å². The molecule has 6 nitrogen and oxygen atoms in total. The lowest BCUT2D eigenvalue weighted by Crippen LogP contribution is -2.30. The second kappa shape index (κ2) is 6.63. The third-order valence-electron chi connectivity index (χ3n) is 2.55. The predicted octanol–water partition coefficient (Wildman–Crippen LogP) is 0.519. The zero-order valence-electron chi connectivity index (χ0n) is 11.5. The van der Waals surface area contributed by atoms with Gasteiger partial charge in [0.2, 0.25) is 5.91 Å². The van der Waals surface area contributed by atoms with Crippen molar-refractivity contribution >= 4 is 23.2 Å². The van der Waals surface area contributed by atoms with Crippen LogP contribution >= 0.6 is 0 Å². The van der Waals surface area contributed by atoms with Gasteiger partial charge in [-0.3, -0.25) is 9.59 Å². The third-order valence-corrected chi connectivity index (χ3v) is 2.55. The summed E-state index contributed by atoms with van der Waals surface area (Å²) in [5.41, 5.74) is 7.27. The van der Waals surface area contributed by atoms with E-state index in [0.717, 1.165) is 0 Å². The van der Waals surface area contributed by atoms with Gasteiger partial charge in [-0.05, 0) is 25.1 Å². The number of anilines is 2. The molecular weight excluding hydrogens is 244 g/mol. The summed E-state index contributed by atoms with van der Waals surface area (Å²) in [7, 11) is 3.35. The van der Waals surface area contributed by atoms with Gasteiger partial charge >= 0.3 is 0 Å². The van der Waals surface area contributed by atoms with Gasteiger partial charge in [0.25, 0.3) is 5.91 Å². The van der Waals surface area contributed by atoms with E-state index in [4.69, 9.17) is 5.73 Å². The summed E-state index contributed by atoms with van der Waals surface area (Å²) in [6.07, 6.45) is 0. The zero-order chi connectivity index (χ0) is 14.4. The van der Waals surface area contributed by atoms with Crippen LogP contribution in [0.1, 0.15) is 17.3 Å². The Kier molecular flexibility index (Phi) is 5.17. The van der Waals surface area contributed by atoms with Gasteiger partial charge in [0.1, 0.15) is 0 Å². The lowest BCUT2D eigenvalue weighted by molar-refractivity contribution is -0.126. The molecule has 1 aromatic rings. The molecule has 0 heterocycles. The first-order valence-electron chi connectivity index (χ1n) is 6.07. The lowest BCUT2D eigenvalue weighted by Gasteiger charge is -2.14. The summed E-state index contributed by atoms with van der Waals surface area (Å²) < 4.78 is 0. The maximum atomic E-state index is 11.9. The first-order chi connectivity index (χ1) is 8.95. The Hall–Kier alpha value is -2.24. The number of amides is 2. The van der Waals surface area contributed by atoms with Crippen molar-refractivity contribution in [3.63, 3.8) is 0 Å². The van der Waals surface area contributed by atoms with Gasteiger partial charge in [0, 0.05) is 32.0 Å². The number of benzene rings is 1. The Morgan fingerprint density at radius 1 is 1.32 bits per heavy atom. The number of hydrogen-bond donors (Lipinski definition) is 3. The van der Waals surface area contributed by atoms with Crippen molar-refractivity contribution in [2.24, 2.45) is 0 Å². The lowest BCUT2D eigenvalue weighted by atomic mass is 10.1. The second-order valence-electron chi connectivity index (χ2n) is 4.31. The molecular formula is C13H20N4O2. The molecule has 4 N–H and O–H groups in total. The highest BCUT2D eigenvalue weighted by molar-refractivity contribution is 6.00. The minimum Gasteiger partial charge on any atom is -0.399 e. The molecule has 1 aromatic carbocycles. The van der Waals surface area contributed by atoms with E-state index in [9.17, 15) is 9.59 Å². The minimum absolute atomic E-state index is 0.0794.